The predicted octanol–water partition coefficient (Wildman–Crippen LogP) is 3.15. The number of hydrogen-bond acceptors (Lipinski definition) is 2. The van der Waals surface area contributed by atoms with Gasteiger partial charge in [0.1, 0.15) is 0 Å². The van der Waals surface area contributed by atoms with Gasteiger partial charge in [-0.05, 0) is 29.0 Å². The standard InChI is InChI=1S/C16H23N3/c1-11-8-12(16(2,3)4)6-7-13(11)14-10-18-19(5)15(14)9-17/h6-8,10H,9,17H2,1-5H3. The van der Waals surface area contributed by atoms with Gasteiger partial charge >= 0.3 is 0 Å². The molecule has 0 atom stereocenters. The molecule has 1 aromatic heterocycles. The Hall–Kier alpha value is -1.61. The summed E-state index contributed by atoms with van der Waals surface area (Å²) in [6.45, 7) is 9.36. The Morgan fingerprint density at radius 2 is 1.89 bits per heavy atom. The van der Waals surface area contributed by atoms with Crippen molar-refractivity contribution < 1.29 is 0 Å². The van der Waals surface area contributed by atoms with Crippen LogP contribution in [-0.4, -0.2) is 9.78 Å². The van der Waals surface area contributed by atoms with E-state index in [2.05, 4.69) is 51.0 Å². The van der Waals surface area contributed by atoms with Gasteiger partial charge in [-0.1, -0.05) is 39.0 Å². The second-order valence-electron chi connectivity index (χ2n) is 6.11. The summed E-state index contributed by atoms with van der Waals surface area (Å²) in [6, 6.07) is 6.66. The fraction of sp³-hybridized carbons (Fsp3) is 0.438. The second-order valence-corrected chi connectivity index (χ2v) is 6.11. The molecule has 0 aliphatic carbocycles. The topological polar surface area (TPSA) is 43.8 Å². The molecule has 0 saturated carbocycles. The fourth-order valence-corrected chi connectivity index (χ4v) is 2.36. The molecule has 0 bridgehead atoms. The number of aromatic nitrogens is 2. The van der Waals surface area contributed by atoms with Crippen molar-refractivity contribution in [1.29, 1.82) is 0 Å². The molecule has 3 nitrogen and oxygen atoms in total. The molecule has 2 aromatic rings. The minimum Gasteiger partial charge on any atom is -0.325 e. The Morgan fingerprint density at radius 3 is 2.42 bits per heavy atom. The third-order valence-electron chi connectivity index (χ3n) is 3.64. The van der Waals surface area contributed by atoms with Crippen molar-refractivity contribution in [3.8, 4) is 11.1 Å². The largest absolute Gasteiger partial charge is 0.325 e. The first-order chi connectivity index (χ1) is 8.84. The van der Waals surface area contributed by atoms with Gasteiger partial charge in [0.25, 0.3) is 0 Å². The van der Waals surface area contributed by atoms with Gasteiger partial charge in [-0.3, -0.25) is 4.68 Å². The van der Waals surface area contributed by atoms with E-state index in [1.54, 1.807) is 0 Å². The Balaban J connectivity index is 2.52. The minimum absolute atomic E-state index is 0.176. The molecule has 2 N–H and O–H groups in total. The molecule has 0 amide bonds. The lowest BCUT2D eigenvalue weighted by molar-refractivity contribution is 0.590. The molecule has 1 aromatic carbocycles. The second kappa shape index (κ2) is 4.82. The van der Waals surface area contributed by atoms with Crippen LogP contribution in [0.1, 0.15) is 37.6 Å². The van der Waals surface area contributed by atoms with Gasteiger partial charge in [0.15, 0.2) is 0 Å². The molecule has 2 rings (SSSR count). The van der Waals surface area contributed by atoms with Crippen molar-refractivity contribution in [2.45, 2.75) is 39.7 Å². The zero-order chi connectivity index (χ0) is 14.2. The first kappa shape index (κ1) is 13.8. The number of benzene rings is 1. The average molecular weight is 257 g/mol. The van der Waals surface area contributed by atoms with Crippen molar-refractivity contribution in [1.82, 2.24) is 9.78 Å². The lowest BCUT2D eigenvalue weighted by atomic mass is 9.84. The molecule has 102 valence electrons. The van der Waals surface area contributed by atoms with Crippen LogP contribution >= 0.6 is 0 Å². The SMILES string of the molecule is Cc1cc(C(C)(C)C)ccc1-c1cnn(C)c1CN. The minimum atomic E-state index is 0.176. The molecular weight excluding hydrogens is 234 g/mol. The number of nitrogens with two attached hydrogens (primary N) is 1. The molecule has 0 radical (unpaired) electrons. The molecule has 0 aliphatic rings. The maximum atomic E-state index is 5.82. The van der Waals surface area contributed by atoms with Crippen molar-refractivity contribution in [2.75, 3.05) is 0 Å². The molecule has 0 fully saturated rings. The number of aryl methyl sites for hydroxylation is 2. The quantitative estimate of drug-likeness (QED) is 0.898. The fourth-order valence-electron chi connectivity index (χ4n) is 2.36. The molecule has 0 saturated heterocycles. The Bertz CT molecular complexity index is 589. The first-order valence-corrected chi connectivity index (χ1v) is 6.67. The maximum absolute atomic E-state index is 5.82. The van der Waals surface area contributed by atoms with Gasteiger partial charge in [0.05, 0.1) is 11.9 Å². The highest BCUT2D eigenvalue weighted by molar-refractivity contribution is 5.69. The molecular formula is C16H23N3. The monoisotopic (exact) mass is 257 g/mol. The molecule has 3 heteroatoms. The zero-order valence-electron chi connectivity index (χ0n) is 12.5. The van der Waals surface area contributed by atoms with Crippen LogP contribution in [0.4, 0.5) is 0 Å². The third kappa shape index (κ3) is 2.56. The van der Waals surface area contributed by atoms with Gasteiger partial charge in [0, 0.05) is 19.2 Å². The van der Waals surface area contributed by atoms with Crippen LogP contribution in [0, 0.1) is 6.92 Å². The van der Waals surface area contributed by atoms with Crippen molar-refractivity contribution >= 4 is 0 Å². The van der Waals surface area contributed by atoms with E-state index in [4.69, 9.17) is 5.73 Å². The molecule has 19 heavy (non-hydrogen) atoms. The zero-order valence-corrected chi connectivity index (χ0v) is 12.5. The molecule has 1 heterocycles. The van der Waals surface area contributed by atoms with E-state index in [1.807, 2.05) is 17.9 Å². The van der Waals surface area contributed by atoms with Gasteiger partial charge in [0.2, 0.25) is 0 Å². The highest BCUT2D eigenvalue weighted by Crippen LogP contribution is 2.30. The van der Waals surface area contributed by atoms with Crippen molar-refractivity contribution in [3.63, 3.8) is 0 Å². The van der Waals surface area contributed by atoms with Gasteiger partial charge in [-0.15, -0.1) is 0 Å². The lowest BCUT2D eigenvalue weighted by Crippen LogP contribution is -2.11. The normalized spacial score (nSPS) is 11.9. The van der Waals surface area contributed by atoms with Gasteiger partial charge in [-0.2, -0.15) is 5.10 Å². The average Bonchev–Trinajstić information content (AvgIpc) is 2.69. The summed E-state index contributed by atoms with van der Waals surface area (Å²) in [6.07, 6.45) is 1.90. The van der Waals surface area contributed by atoms with E-state index in [9.17, 15) is 0 Å². The van der Waals surface area contributed by atoms with E-state index >= 15 is 0 Å². The predicted molar refractivity (Wildman–Crippen MR) is 80.0 cm³/mol. The number of hydrogen-bond donors (Lipinski definition) is 1. The van der Waals surface area contributed by atoms with E-state index in [1.165, 1.54) is 16.7 Å². The smallest absolute Gasteiger partial charge is 0.0595 e. The van der Waals surface area contributed by atoms with Crippen molar-refractivity contribution in [2.24, 2.45) is 12.8 Å². The van der Waals surface area contributed by atoms with Crippen molar-refractivity contribution in [3.05, 3.63) is 41.2 Å². The van der Waals surface area contributed by atoms with Crippen LogP contribution in [0.2, 0.25) is 0 Å². The van der Waals surface area contributed by atoms with Crippen LogP contribution in [0.25, 0.3) is 11.1 Å². The molecule has 0 unspecified atom stereocenters. The summed E-state index contributed by atoms with van der Waals surface area (Å²) in [4.78, 5) is 0. The maximum Gasteiger partial charge on any atom is 0.0595 e. The number of nitrogens with zero attached hydrogens (tertiary/aromatic N) is 2. The third-order valence-corrected chi connectivity index (χ3v) is 3.64. The summed E-state index contributed by atoms with van der Waals surface area (Å²) in [5.41, 5.74) is 12.1. The highest BCUT2D eigenvalue weighted by atomic mass is 15.3. The summed E-state index contributed by atoms with van der Waals surface area (Å²) in [5.74, 6) is 0. The first-order valence-electron chi connectivity index (χ1n) is 6.67. The molecule has 0 spiro atoms. The summed E-state index contributed by atoms with van der Waals surface area (Å²) >= 11 is 0. The van der Waals surface area contributed by atoms with Gasteiger partial charge < -0.3 is 5.73 Å². The van der Waals surface area contributed by atoms with Crippen LogP contribution in [0.5, 0.6) is 0 Å². The van der Waals surface area contributed by atoms with E-state index < -0.39 is 0 Å². The number of rotatable bonds is 2. The summed E-state index contributed by atoms with van der Waals surface area (Å²) in [7, 11) is 1.94. The van der Waals surface area contributed by atoms with Crippen LogP contribution in [-0.2, 0) is 19.0 Å². The Kier molecular flexibility index (Phi) is 3.50. The van der Waals surface area contributed by atoms with E-state index in [0.717, 1.165) is 11.3 Å². The van der Waals surface area contributed by atoms with Crippen LogP contribution in [0.3, 0.4) is 0 Å². The summed E-state index contributed by atoms with van der Waals surface area (Å²) in [5, 5.41) is 4.31. The van der Waals surface area contributed by atoms with E-state index in [-0.39, 0.29) is 5.41 Å². The van der Waals surface area contributed by atoms with E-state index in [0.29, 0.717) is 6.54 Å². The van der Waals surface area contributed by atoms with Crippen LogP contribution in [0.15, 0.2) is 24.4 Å². The molecule has 0 aliphatic heterocycles. The van der Waals surface area contributed by atoms with Gasteiger partial charge in [-0.25, -0.2) is 0 Å². The van der Waals surface area contributed by atoms with Crippen LogP contribution < -0.4 is 5.73 Å². The Morgan fingerprint density at radius 1 is 1.21 bits per heavy atom. The Labute approximate surface area is 115 Å². The summed E-state index contributed by atoms with van der Waals surface area (Å²) < 4.78 is 1.85. The lowest BCUT2D eigenvalue weighted by Gasteiger charge is -2.20. The highest BCUT2D eigenvalue weighted by Gasteiger charge is 2.16.